The van der Waals surface area contributed by atoms with E-state index in [9.17, 15) is 5.26 Å². The van der Waals surface area contributed by atoms with Crippen LogP contribution in [0, 0.1) is 31.0 Å². The van der Waals surface area contributed by atoms with Gasteiger partial charge in [-0.3, -0.25) is 0 Å². The third-order valence-corrected chi connectivity index (χ3v) is 14.5. The van der Waals surface area contributed by atoms with Gasteiger partial charge >= 0.3 is 6.18 Å². The Bertz CT molecular complexity index is 4820. The maximum absolute atomic E-state index is 16.6. The maximum atomic E-state index is 16.6. The Balaban J connectivity index is 1.16. The van der Waals surface area contributed by atoms with Crippen LogP contribution < -0.4 is 0 Å². The summed E-state index contributed by atoms with van der Waals surface area (Å²) >= 11 is 0. The van der Waals surface area contributed by atoms with Crippen LogP contribution in [0.1, 0.15) is 11.1 Å². The van der Waals surface area contributed by atoms with E-state index in [1.165, 1.54) is 6.07 Å². The molecule has 0 aliphatic heterocycles. The molecule has 3 heterocycles. The molecule has 3 aromatic heterocycles. The van der Waals surface area contributed by atoms with Gasteiger partial charge in [0.05, 0.1) is 64.8 Å². The number of nitriles is 1. The fourth-order valence-corrected chi connectivity index (χ4v) is 11.0. The molecular weight excluding hydrogens is 1000 g/mol. The number of benzene rings is 10. The van der Waals surface area contributed by atoms with Gasteiger partial charge in [-0.05, 0) is 89.0 Å². The predicted molar refractivity (Wildman–Crippen MR) is 310 cm³/mol. The Morgan fingerprint density at radius 1 is 0.400 bits per heavy atom. The van der Waals surface area contributed by atoms with Crippen LogP contribution in [0.5, 0.6) is 0 Å². The van der Waals surface area contributed by atoms with E-state index < -0.39 is 11.7 Å². The second-order valence-corrected chi connectivity index (χ2v) is 19.0. The Kier molecular flexibility index (Phi) is 11.6. The second-order valence-electron chi connectivity index (χ2n) is 19.0. The van der Waals surface area contributed by atoms with E-state index in [1.54, 1.807) is 48.5 Å². The van der Waals surface area contributed by atoms with Gasteiger partial charge in [-0.1, -0.05) is 152 Å². The summed E-state index contributed by atoms with van der Waals surface area (Å²) in [5, 5.41) is 12.8. The lowest BCUT2D eigenvalue weighted by molar-refractivity contribution is -0.137. The first-order valence-electron chi connectivity index (χ1n) is 25.2. The zero-order valence-electron chi connectivity index (χ0n) is 41.9. The fraction of sp³-hybridized carbons (Fsp3) is 0.0147. The molecule has 0 bridgehead atoms. The van der Waals surface area contributed by atoms with Crippen LogP contribution in [0.25, 0.3) is 137 Å². The van der Waals surface area contributed by atoms with Gasteiger partial charge in [-0.15, -0.1) is 0 Å². The number of alkyl halides is 3. The van der Waals surface area contributed by atoms with Crippen molar-refractivity contribution >= 4 is 60.7 Å². The van der Waals surface area contributed by atoms with Gasteiger partial charge < -0.3 is 9.13 Å². The summed E-state index contributed by atoms with van der Waals surface area (Å²) in [4.78, 5) is 26.3. The Morgan fingerprint density at radius 2 is 0.887 bits per heavy atom. The SMILES string of the molecule is [C-]#[N+]c1ccc(-c2ccc3c(c2)c2ccccc2n3-c2cccc(C(F)(F)F)c2-c2c(-c3nc(-c4ccccc4)nc(-c4ccccc4)n3)cccc2-n2c3ccccc3c3cc(-c4ccc(C#N)cc4[N+]#[C-])ccc32)c([N+]#[C-])c1. The molecule has 0 unspecified atom stereocenters. The van der Waals surface area contributed by atoms with Crippen molar-refractivity contribution in [3.05, 3.63) is 264 Å². The summed E-state index contributed by atoms with van der Waals surface area (Å²) in [7, 11) is 0. The topological polar surface area (TPSA) is 85.4 Å². The minimum absolute atomic E-state index is 0.132. The van der Waals surface area contributed by atoms with Crippen molar-refractivity contribution < 1.29 is 13.2 Å². The van der Waals surface area contributed by atoms with Crippen molar-refractivity contribution in [1.29, 1.82) is 5.26 Å². The first-order valence-corrected chi connectivity index (χ1v) is 25.2. The summed E-state index contributed by atoms with van der Waals surface area (Å²) in [6.07, 6.45) is -4.91. The van der Waals surface area contributed by atoms with Gasteiger partial charge in [0.15, 0.2) is 34.5 Å². The highest BCUT2D eigenvalue weighted by Gasteiger charge is 2.38. The molecule has 80 heavy (non-hydrogen) atoms. The predicted octanol–water partition coefficient (Wildman–Crippen LogP) is 18.6. The molecule has 0 saturated heterocycles. The average Bonchev–Trinajstić information content (AvgIpc) is 4.09. The van der Waals surface area contributed by atoms with Gasteiger partial charge in [-0.25, -0.2) is 29.5 Å². The van der Waals surface area contributed by atoms with E-state index in [4.69, 9.17) is 34.7 Å². The Morgan fingerprint density at radius 3 is 1.43 bits per heavy atom. The summed E-state index contributed by atoms with van der Waals surface area (Å²) in [5.41, 5.74) is 8.07. The molecule has 0 aliphatic rings. The highest BCUT2D eigenvalue weighted by Crippen LogP contribution is 2.50. The van der Waals surface area contributed by atoms with Crippen LogP contribution in [0.3, 0.4) is 0 Å². The van der Waals surface area contributed by atoms with Crippen molar-refractivity contribution in [2.24, 2.45) is 0 Å². The van der Waals surface area contributed by atoms with Crippen LogP contribution in [0.2, 0.25) is 0 Å². The molecule has 0 radical (unpaired) electrons. The molecule has 0 aliphatic carbocycles. The van der Waals surface area contributed by atoms with Gasteiger partial charge in [0.1, 0.15) is 0 Å². The van der Waals surface area contributed by atoms with Crippen molar-refractivity contribution in [1.82, 2.24) is 24.1 Å². The van der Waals surface area contributed by atoms with Gasteiger partial charge in [0, 0.05) is 54.9 Å². The molecule has 9 nitrogen and oxygen atoms in total. The van der Waals surface area contributed by atoms with E-state index in [0.717, 1.165) is 33.2 Å². The summed E-state index contributed by atoms with van der Waals surface area (Å²) < 4.78 is 53.7. The second kappa shape index (κ2) is 19.3. The number of fused-ring (bicyclic) bond motifs is 6. The van der Waals surface area contributed by atoms with Crippen LogP contribution in [0.15, 0.2) is 218 Å². The quantitative estimate of drug-likeness (QED) is 0.142. The van der Waals surface area contributed by atoms with E-state index >= 15 is 13.2 Å². The third kappa shape index (κ3) is 8.05. The number of hydrogen-bond donors (Lipinski definition) is 0. The van der Waals surface area contributed by atoms with Gasteiger partial charge in [0.2, 0.25) is 0 Å². The third-order valence-electron chi connectivity index (χ3n) is 14.5. The number of aromatic nitrogens is 5. The molecule has 0 saturated carbocycles. The van der Waals surface area contributed by atoms with E-state index in [1.807, 2.05) is 167 Å². The lowest BCUT2D eigenvalue weighted by Crippen LogP contribution is -2.12. The lowest BCUT2D eigenvalue weighted by Gasteiger charge is -2.24. The first kappa shape index (κ1) is 48.2. The number of hydrogen-bond acceptors (Lipinski definition) is 4. The normalized spacial score (nSPS) is 11.4. The van der Waals surface area contributed by atoms with E-state index in [0.29, 0.717) is 95.4 Å². The van der Waals surface area contributed by atoms with Crippen molar-refractivity contribution in [2.75, 3.05) is 0 Å². The Labute approximate surface area is 456 Å². The van der Waals surface area contributed by atoms with Crippen LogP contribution in [0.4, 0.5) is 30.2 Å². The van der Waals surface area contributed by atoms with Crippen LogP contribution in [-0.2, 0) is 6.18 Å². The minimum Gasteiger partial charge on any atom is -0.309 e. The van der Waals surface area contributed by atoms with E-state index in [-0.39, 0.29) is 22.6 Å². The summed E-state index contributed by atoms with van der Waals surface area (Å²) in [6.45, 7) is 23.6. The maximum Gasteiger partial charge on any atom is 0.417 e. The van der Waals surface area contributed by atoms with Crippen LogP contribution in [-0.4, -0.2) is 24.1 Å². The molecule has 374 valence electrons. The first-order chi connectivity index (χ1) is 39.1. The zero-order valence-corrected chi connectivity index (χ0v) is 41.9. The molecular formula is C68H36F3N9. The molecule has 0 atom stereocenters. The van der Waals surface area contributed by atoms with Crippen LogP contribution >= 0.6 is 0 Å². The number of nitrogens with zero attached hydrogens (tertiary/aromatic N) is 9. The number of rotatable bonds is 8. The molecule has 0 spiro atoms. The van der Waals surface area contributed by atoms with Gasteiger partial charge in [-0.2, -0.15) is 18.4 Å². The highest BCUT2D eigenvalue weighted by molar-refractivity contribution is 6.14. The molecule has 13 rings (SSSR count). The molecule has 0 amide bonds. The lowest BCUT2D eigenvalue weighted by atomic mass is 9.90. The standard InChI is InChI=1S/C68H36F3N9/c1-73-46-31-33-48(56(39-46)75-3)45-30-35-60-53(38-45)50-21-11-13-25-58(50)80(60)62-27-15-23-54(68(69,70)71)64(62)63-51(67-77-65(42-16-6-4-7-17-42)76-66(78-67)43-18-8-5-9-19-43)22-14-26-61(63)79-57-24-12-10-20-49(57)52-37-44(29-34-59(52)79)47-32-28-41(40-72)36-55(47)74-2/h4-39H. The molecule has 10 aromatic carbocycles. The van der Waals surface area contributed by atoms with E-state index in [2.05, 4.69) is 20.6 Å². The largest absolute Gasteiger partial charge is 0.417 e. The summed E-state index contributed by atoms with van der Waals surface area (Å²) in [6, 6.07) is 67.4. The summed E-state index contributed by atoms with van der Waals surface area (Å²) in [5.74, 6) is 0.786. The van der Waals surface area contributed by atoms with Crippen molar-refractivity contribution in [3.63, 3.8) is 0 Å². The minimum atomic E-state index is -4.91. The monoisotopic (exact) mass is 1040 g/mol. The highest BCUT2D eigenvalue weighted by atomic mass is 19.4. The fourth-order valence-electron chi connectivity index (χ4n) is 11.0. The number of halogens is 3. The average molecular weight is 1040 g/mol. The number of para-hydroxylation sites is 2. The zero-order chi connectivity index (χ0) is 54.6. The van der Waals surface area contributed by atoms with Crippen molar-refractivity contribution in [3.8, 4) is 85.0 Å². The molecule has 0 N–H and O–H groups in total. The smallest absolute Gasteiger partial charge is 0.309 e. The molecule has 12 heteroatoms. The molecule has 0 fully saturated rings. The van der Waals surface area contributed by atoms with Crippen molar-refractivity contribution in [2.45, 2.75) is 6.18 Å². The van der Waals surface area contributed by atoms with Gasteiger partial charge in [0.25, 0.3) is 0 Å². The molecule has 13 aromatic rings. The Hall–Kier alpha value is -11.4.